The Morgan fingerprint density at radius 3 is 2.46 bits per heavy atom. The van der Waals surface area contributed by atoms with Gasteiger partial charge in [0.1, 0.15) is 41.9 Å². The molecule has 3 aromatic carbocycles. The number of ketones is 1. The molecule has 0 N–H and O–H groups in total. The lowest BCUT2D eigenvalue weighted by molar-refractivity contribution is -0.121. The lowest BCUT2D eigenvalue weighted by Crippen LogP contribution is -2.14. The molecule has 6 aliphatic rings. The number of benzene rings is 3. The molecule has 0 spiro atoms. The van der Waals surface area contributed by atoms with Crippen LogP contribution >= 0.6 is 23.2 Å². The molecular formula is C53H58Cl2FNO4. The highest BCUT2D eigenvalue weighted by molar-refractivity contribution is 6.35. The fourth-order valence-corrected chi connectivity index (χ4v) is 11.1. The lowest BCUT2D eigenvalue weighted by atomic mass is 9.84. The average Bonchev–Trinajstić information content (AvgIpc) is 4.16. The molecule has 4 atom stereocenters. The zero-order valence-electron chi connectivity index (χ0n) is 35.2. The second-order valence-electron chi connectivity index (χ2n) is 18.8. The van der Waals surface area contributed by atoms with E-state index in [1.165, 1.54) is 30.4 Å². The van der Waals surface area contributed by atoms with Crippen LogP contribution in [-0.2, 0) is 17.6 Å². The first-order valence-electron chi connectivity index (χ1n) is 23.1. The van der Waals surface area contributed by atoms with Gasteiger partial charge in [0.2, 0.25) is 0 Å². The van der Waals surface area contributed by atoms with Crippen LogP contribution in [0, 0.1) is 40.9 Å². The lowest BCUT2D eigenvalue weighted by Gasteiger charge is -2.23. The number of halogens is 3. The largest absolute Gasteiger partial charge is 0.492 e. The smallest absolute Gasteiger partial charge is 0.142 e. The van der Waals surface area contributed by atoms with Gasteiger partial charge in [0, 0.05) is 30.4 Å². The van der Waals surface area contributed by atoms with Crippen LogP contribution in [0.15, 0.2) is 83.5 Å². The van der Waals surface area contributed by atoms with Gasteiger partial charge in [-0.1, -0.05) is 84.4 Å². The van der Waals surface area contributed by atoms with E-state index >= 15 is 0 Å². The van der Waals surface area contributed by atoms with E-state index in [9.17, 15) is 14.4 Å². The summed E-state index contributed by atoms with van der Waals surface area (Å²) < 4.78 is 33.3. The summed E-state index contributed by atoms with van der Waals surface area (Å²) in [7, 11) is 0. The standard InChI is InChI=1S/C53H58Cl2FNO4/c54-48-29-41(28-40-27-37(40)23-34-13-17-43(58)18-14-34)51(60-32-36-22-35(31-57)24-38-26-39(38)25-36)30-52(48)61-49-20-19-45-44(7-4-8-46(45)49)47-9-5-10-50(53(47)55)59-21-3-1-2-6-33-11-15-42(56)16-12-33/h4-5,7-10,22,24-25,29-30,33-34,37,39-40,42,49H,1-3,6,11-21,23,26-28,32H2/t33?,37?,39?,40?,42?,49-/m0/s1. The third kappa shape index (κ3) is 10.4. The quantitative estimate of drug-likeness (QED) is 0.126. The molecule has 4 saturated carbocycles. The van der Waals surface area contributed by atoms with Crippen LogP contribution in [0.2, 0.25) is 10.0 Å². The molecule has 3 unspecified atom stereocenters. The molecule has 61 heavy (non-hydrogen) atoms. The first-order valence-corrected chi connectivity index (χ1v) is 23.9. The summed E-state index contributed by atoms with van der Waals surface area (Å²) in [5.41, 5.74) is 8.51. The fraction of sp³-hybridized carbons (Fsp3) is 0.509. The Balaban J connectivity index is 0.873. The normalized spacial score (nSPS) is 25.6. The van der Waals surface area contributed by atoms with Gasteiger partial charge in [-0.15, -0.1) is 0 Å². The molecule has 320 valence electrons. The SMILES string of the molecule is N#CC1=CC(COc2cc(O[C@H]3CCc4c(-c5cccc(OCCCCCC6CCC(F)CC6)c5Cl)cccc43)c(Cl)cc2CC2CC2CC2CCC(=O)CC2)=CC2CC2=C1. The molecule has 8 heteroatoms. The van der Waals surface area contributed by atoms with E-state index in [-0.39, 0.29) is 6.10 Å². The molecule has 0 heterocycles. The molecule has 0 amide bonds. The van der Waals surface area contributed by atoms with Crippen molar-refractivity contribution in [3.8, 4) is 34.4 Å². The maximum absolute atomic E-state index is 13.5. The molecule has 0 bridgehead atoms. The molecule has 9 rings (SSSR count). The summed E-state index contributed by atoms with van der Waals surface area (Å²) >= 11 is 14.2. The number of ether oxygens (including phenoxy) is 3. The number of Topliss-reactive ketones (excluding diaryl/α,β-unsaturated/α-hetero) is 1. The minimum absolute atomic E-state index is 0.184. The van der Waals surface area contributed by atoms with E-state index in [1.807, 2.05) is 30.4 Å². The molecule has 0 aromatic heterocycles. The first kappa shape index (κ1) is 42.3. The number of unbranched alkanes of at least 4 members (excludes halogenated alkanes) is 2. The van der Waals surface area contributed by atoms with Gasteiger partial charge in [-0.2, -0.15) is 5.26 Å². The van der Waals surface area contributed by atoms with Crippen LogP contribution in [0.4, 0.5) is 4.39 Å². The number of hydrogen-bond acceptors (Lipinski definition) is 5. The number of nitriles is 1. The predicted octanol–water partition coefficient (Wildman–Crippen LogP) is 14.2. The van der Waals surface area contributed by atoms with Crippen molar-refractivity contribution in [1.29, 1.82) is 5.26 Å². The molecule has 0 saturated heterocycles. The van der Waals surface area contributed by atoms with E-state index in [1.54, 1.807) is 0 Å². The van der Waals surface area contributed by atoms with Crippen LogP contribution in [0.1, 0.15) is 126 Å². The Labute approximate surface area is 371 Å². The number of allylic oxidation sites excluding steroid dienone is 4. The van der Waals surface area contributed by atoms with Crippen molar-refractivity contribution in [2.24, 2.45) is 29.6 Å². The van der Waals surface area contributed by atoms with Gasteiger partial charge in [-0.05, 0) is 159 Å². The maximum atomic E-state index is 13.5. The number of carbonyl (C=O) groups is 1. The van der Waals surface area contributed by atoms with Crippen molar-refractivity contribution in [3.05, 3.63) is 110 Å². The molecule has 3 aromatic rings. The van der Waals surface area contributed by atoms with Crippen LogP contribution in [0.25, 0.3) is 11.1 Å². The summed E-state index contributed by atoms with van der Waals surface area (Å²) in [5, 5.41) is 10.9. The molecular weight excluding hydrogens is 804 g/mol. The monoisotopic (exact) mass is 861 g/mol. The highest BCUT2D eigenvalue weighted by Gasteiger charge is 2.40. The Morgan fingerprint density at radius 2 is 1.62 bits per heavy atom. The molecule has 0 aliphatic heterocycles. The van der Waals surface area contributed by atoms with Gasteiger partial charge in [0.05, 0.1) is 28.3 Å². The van der Waals surface area contributed by atoms with Gasteiger partial charge in [0.15, 0.2) is 0 Å². The third-order valence-electron chi connectivity index (χ3n) is 14.4. The van der Waals surface area contributed by atoms with Crippen molar-refractivity contribution in [3.63, 3.8) is 0 Å². The Morgan fingerprint density at radius 1 is 0.803 bits per heavy atom. The van der Waals surface area contributed by atoms with Crippen molar-refractivity contribution >= 4 is 29.0 Å². The first-order chi connectivity index (χ1) is 29.8. The Kier molecular flexibility index (Phi) is 13.3. The molecule has 4 fully saturated rings. The minimum atomic E-state index is -0.588. The van der Waals surface area contributed by atoms with Crippen LogP contribution in [-0.4, -0.2) is 25.2 Å². The average molecular weight is 863 g/mol. The number of alkyl halides is 1. The van der Waals surface area contributed by atoms with Gasteiger partial charge in [-0.25, -0.2) is 4.39 Å². The van der Waals surface area contributed by atoms with E-state index in [0.717, 1.165) is 130 Å². The second kappa shape index (κ2) is 19.1. The number of hydrogen-bond donors (Lipinski definition) is 0. The zero-order valence-corrected chi connectivity index (χ0v) is 36.8. The number of nitrogens with zero attached hydrogens (tertiary/aromatic N) is 1. The van der Waals surface area contributed by atoms with Crippen LogP contribution < -0.4 is 14.2 Å². The predicted molar refractivity (Wildman–Crippen MR) is 241 cm³/mol. The molecule has 0 radical (unpaired) electrons. The van der Waals surface area contributed by atoms with Crippen molar-refractivity contribution in [1.82, 2.24) is 0 Å². The summed E-state index contributed by atoms with van der Waals surface area (Å²) in [6, 6.07) is 18.8. The summed E-state index contributed by atoms with van der Waals surface area (Å²) in [4.78, 5) is 11.8. The van der Waals surface area contributed by atoms with E-state index in [2.05, 4.69) is 42.5 Å². The van der Waals surface area contributed by atoms with Gasteiger partial charge >= 0.3 is 0 Å². The highest BCUT2D eigenvalue weighted by Crippen LogP contribution is 2.50. The Hall–Kier alpha value is -4.05. The van der Waals surface area contributed by atoms with Gasteiger partial charge in [-0.3, -0.25) is 4.79 Å². The van der Waals surface area contributed by atoms with Gasteiger partial charge in [0.25, 0.3) is 0 Å². The minimum Gasteiger partial charge on any atom is -0.492 e. The van der Waals surface area contributed by atoms with E-state index in [0.29, 0.717) is 75.7 Å². The number of carbonyl (C=O) groups excluding carboxylic acids is 1. The summed E-state index contributed by atoms with van der Waals surface area (Å²) in [5.74, 6) is 5.49. The van der Waals surface area contributed by atoms with Crippen LogP contribution in [0.5, 0.6) is 17.2 Å². The number of rotatable bonds is 17. The van der Waals surface area contributed by atoms with E-state index < -0.39 is 6.17 Å². The maximum Gasteiger partial charge on any atom is 0.142 e. The third-order valence-corrected chi connectivity index (χ3v) is 15.1. The number of fused-ring (bicyclic) bond motifs is 2. The molecule has 6 aliphatic carbocycles. The Bertz CT molecular complexity index is 2240. The van der Waals surface area contributed by atoms with Gasteiger partial charge < -0.3 is 14.2 Å². The topological polar surface area (TPSA) is 68.6 Å². The van der Waals surface area contributed by atoms with Crippen LogP contribution in [0.3, 0.4) is 0 Å². The van der Waals surface area contributed by atoms with Crippen molar-refractivity contribution in [2.45, 2.75) is 128 Å². The summed E-state index contributed by atoms with van der Waals surface area (Å²) in [6.07, 6.45) is 22.9. The fourth-order valence-electron chi connectivity index (χ4n) is 10.6. The summed E-state index contributed by atoms with van der Waals surface area (Å²) in [6.45, 7) is 0.983. The highest BCUT2D eigenvalue weighted by atomic mass is 35.5. The van der Waals surface area contributed by atoms with Crippen molar-refractivity contribution < 1.29 is 23.4 Å². The second-order valence-corrected chi connectivity index (χ2v) is 19.6. The van der Waals surface area contributed by atoms with Crippen molar-refractivity contribution in [2.75, 3.05) is 13.2 Å². The van der Waals surface area contributed by atoms with E-state index in [4.69, 9.17) is 37.4 Å². The zero-order chi connectivity index (χ0) is 41.9. The molecule has 5 nitrogen and oxygen atoms in total.